The van der Waals surface area contributed by atoms with Crippen molar-refractivity contribution in [3.63, 3.8) is 0 Å². The van der Waals surface area contributed by atoms with Gasteiger partial charge in [0.05, 0.1) is 18.0 Å². The molecular weight excluding hydrogens is 298 g/mol. The molecule has 0 bridgehead atoms. The first-order valence-electron chi connectivity index (χ1n) is 7.60. The van der Waals surface area contributed by atoms with E-state index in [4.69, 9.17) is 0 Å². The Bertz CT molecular complexity index is 742. The van der Waals surface area contributed by atoms with Gasteiger partial charge in [-0.05, 0) is 30.9 Å². The predicted octanol–water partition coefficient (Wildman–Crippen LogP) is 2.15. The van der Waals surface area contributed by atoms with Crippen molar-refractivity contribution in [2.75, 3.05) is 0 Å². The van der Waals surface area contributed by atoms with Gasteiger partial charge in [0.2, 0.25) is 10.0 Å². The third kappa shape index (κ3) is 3.56. The van der Waals surface area contributed by atoms with Gasteiger partial charge >= 0.3 is 0 Å². The molecule has 0 atom stereocenters. The molecule has 0 unspecified atom stereocenters. The fraction of sp³-hybridized carbons (Fsp3) is 0.438. The average molecular weight is 319 g/mol. The van der Waals surface area contributed by atoms with Crippen molar-refractivity contribution in [3.05, 3.63) is 53.1 Å². The van der Waals surface area contributed by atoms with Gasteiger partial charge in [-0.2, -0.15) is 0 Å². The van der Waals surface area contributed by atoms with E-state index in [2.05, 4.69) is 14.3 Å². The van der Waals surface area contributed by atoms with E-state index < -0.39 is 10.0 Å². The number of hydrogen-bond acceptors (Lipinski definition) is 3. The standard InChI is InChI=1S/C16H21N3O2S/c1-13-6-2-3-7-14(13)12-22(20,21)17-10-15-11-19-9-5-4-8-16(19)18-15/h2-3,6-7,11,17H,4-5,8-10,12H2,1H3. The molecule has 1 aliphatic heterocycles. The van der Waals surface area contributed by atoms with E-state index in [1.165, 1.54) is 6.42 Å². The molecular formula is C16H21N3O2S. The van der Waals surface area contributed by atoms with Crippen LogP contribution in [0.2, 0.25) is 0 Å². The van der Waals surface area contributed by atoms with E-state index >= 15 is 0 Å². The topological polar surface area (TPSA) is 64.0 Å². The summed E-state index contributed by atoms with van der Waals surface area (Å²) in [6.45, 7) is 3.17. The molecule has 1 aliphatic rings. The first kappa shape index (κ1) is 15.2. The Balaban J connectivity index is 1.65. The molecule has 1 aromatic heterocycles. The Morgan fingerprint density at radius 3 is 2.86 bits per heavy atom. The van der Waals surface area contributed by atoms with Crippen molar-refractivity contribution in [1.82, 2.24) is 14.3 Å². The summed E-state index contributed by atoms with van der Waals surface area (Å²) in [6, 6.07) is 7.55. The van der Waals surface area contributed by atoms with Gasteiger partial charge in [0.25, 0.3) is 0 Å². The second-order valence-corrected chi connectivity index (χ2v) is 7.61. The van der Waals surface area contributed by atoms with Crippen LogP contribution in [0.5, 0.6) is 0 Å². The Morgan fingerprint density at radius 1 is 1.27 bits per heavy atom. The maximum absolute atomic E-state index is 12.2. The van der Waals surface area contributed by atoms with Gasteiger partial charge in [-0.3, -0.25) is 0 Å². The van der Waals surface area contributed by atoms with Crippen LogP contribution < -0.4 is 4.72 Å². The summed E-state index contributed by atoms with van der Waals surface area (Å²) >= 11 is 0. The molecule has 1 aromatic carbocycles. The normalized spacial score (nSPS) is 14.8. The van der Waals surface area contributed by atoms with Gasteiger partial charge in [0, 0.05) is 19.2 Å². The molecule has 2 aromatic rings. The third-order valence-electron chi connectivity index (χ3n) is 4.04. The Kier molecular flexibility index (Phi) is 4.31. The van der Waals surface area contributed by atoms with Crippen LogP contribution >= 0.6 is 0 Å². The van der Waals surface area contributed by atoms with Crippen LogP contribution in [0.25, 0.3) is 0 Å². The van der Waals surface area contributed by atoms with Gasteiger partial charge in [0.1, 0.15) is 5.82 Å². The highest BCUT2D eigenvalue weighted by molar-refractivity contribution is 7.88. The first-order chi connectivity index (χ1) is 10.5. The van der Waals surface area contributed by atoms with Crippen molar-refractivity contribution < 1.29 is 8.42 Å². The molecule has 0 aliphatic carbocycles. The number of aryl methyl sites for hydroxylation is 3. The van der Waals surface area contributed by atoms with Gasteiger partial charge in [-0.25, -0.2) is 18.1 Å². The van der Waals surface area contributed by atoms with Crippen molar-refractivity contribution in [2.24, 2.45) is 0 Å². The fourth-order valence-corrected chi connectivity index (χ4v) is 3.97. The van der Waals surface area contributed by atoms with Crippen LogP contribution in [0, 0.1) is 6.92 Å². The van der Waals surface area contributed by atoms with Crippen LogP contribution in [0.4, 0.5) is 0 Å². The third-order valence-corrected chi connectivity index (χ3v) is 5.31. The number of nitrogens with zero attached hydrogens (tertiary/aromatic N) is 2. The van der Waals surface area contributed by atoms with Crippen molar-refractivity contribution >= 4 is 10.0 Å². The van der Waals surface area contributed by atoms with E-state index in [9.17, 15) is 8.42 Å². The summed E-state index contributed by atoms with van der Waals surface area (Å²) < 4.78 is 29.2. The number of sulfonamides is 1. The molecule has 2 heterocycles. The Morgan fingerprint density at radius 2 is 2.09 bits per heavy atom. The summed E-state index contributed by atoms with van der Waals surface area (Å²) in [6.07, 6.45) is 5.28. The fourth-order valence-electron chi connectivity index (χ4n) is 2.77. The number of nitrogens with one attached hydrogen (secondary N) is 1. The molecule has 0 radical (unpaired) electrons. The molecule has 6 heteroatoms. The smallest absolute Gasteiger partial charge is 0.216 e. The van der Waals surface area contributed by atoms with Crippen LogP contribution in [0.3, 0.4) is 0 Å². The summed E-state index contributed by atoms with van der Waals surface area (Å²) in [5, 5.41) is 0. The minimum Gasteiger partial charge on any atom is -0.335 e. The highest BCUT2D eigenvalue weighted by atomic mass is 32.2. The SMILES string of the molecule is Cc1ccccc1CS(=O)(=O)NCc1cn2c(n1)CCCC2. The molecule has 5 nitrogen and oxygen atoms in total. The van der Waals surface area contributed by atoms with Crippen LogP contribution in [-0.4, -0.2) is 18.0 Å². The second kappa shape index (κ2) is 6.22. The van der Waals surface area contributed by atoms with Crippen LogP contribution in [0.1, 0.15) is 35.5 Å². The van der Waals surface area contributed by atoms with Crippen LogP contribution in [0.15, 0.2) is 30.5 Å². The largest absolute Gasteiger partial charge is 0.335 e. The van der Waals surface area contributed by atoms with E-state index in [1.807, 2.05) is 37.4 Å². The van der Waals surface area contributed by atoms with E-state index in [-0.39, 0.29) is 12.3 Å². The summed E-state index contributed by atoms with van der Waals surface area (Å²) in [5.41, 5.74) is 2.62. The van der Waals surface area contributed by atoms with E-state index in [1.54, 1.807) is 0 Å². The molecule has 0 saturated heterocycles. The molecule has 3 rings (SSSR count). The van der Waals surface area contributed by atoms with Crippen molar-refractivity contribution in [2.45, 2.75) is 45.0 Å². The van der Waals surface area contributed by atoms with Crippen LogP contribution in [-0.2, 0) is 35.3 Å². The quantitative estimate of drug-likeness (QED) is 0.918. The maximum Gasteiger partial charge on any atom is 0.216 e. The number of hydrogen-bond donors (Lipinski definition) is 1. The van der Waals surface area contributed by atoms with Crippen molar-refractivity contribution in [3.8, 4) is 0 Å². The molecule has 0 spiro atoms. The van der Waals surface area contributed by atoms with Gasteiger partial charge < -0.3 is 4.57 Å². The molecule has 22 heavy (non-hydrogen) atoms. The number of benzene rings is 1. The average Bonchev–Trinajstić information content (AvgIpc) is 2.91. The second-order valence-electron chi connectivity index (χ2n) is 5.81. The summed E-state index contributed by atoms with van der Waals surface area (Å²) in [4.78, 5) is 4.51. The zero-order valence-electron chi connectivity index (χ0n) is 12.7. The van der Waals surface area contributed by atoms with E-state index in [0.717, 1.165) is 42.0 Å². The number of fused-ring (bicyclic) bond motifs is 1. The molecule has 118 valence electrons. The number of aromatic nitrogens is 2. The lowest BCUT2D eigenvalue weighted by Crippen LogP contribution is -2.25. The maximum atomic E-state index is 12.2. The number of rotatable bonds is 5. The zero-order valence-corrected chi connectivity index (χ0v) is 13.6. The highest BCUT2D eigenvalue weighted by Crippen LogP contribution is 2.15. The molecule has 0 fully saturated rings. The summed E-state index contributed by atoms with van der Waals surface area (Å²) in [5.74, 6) is 1.08. The lowest BCUT2D eigenvalue weighted by atomic mass is 10.1. The Labute approximate surface area is 131 Å². The van der Waals surface area contributed by atoms with Crippen molar-refractivity contribution in [1.29, 1.82) is 0 Å². The molecule has 0 saturated carbocycles. The lowest BCUT2D eigenvalue weighted by Gasteiger charge is -2.11. The monoisotopic (exact) mass is 319 g/mol. The predicted molar refractivity (Wildman–Crippen MR) is 85.8 cm³/mol. The van der Waals surface area contributed by atoms with Gasteiger partial charge in [-0.15, -0.1) is 0 Å². The van der Waals surface area contributed by atoms with E-state index in [0.29, 0.717) is 0 Å². The zero-order chi connectivity index (χ0) is 15.6. The first-order valence-corrected chi connectivity index (χ1v) is 9.25. The molecule has 1 N–H and O–H groups in total. The minimum absolute atomic E-state index is 0.00718. The lowest BCUT2D eigenvalue weighted by molar-refractivity contribution is 0.522. The summed E-state index contributed by atoms with van der Waals surface area (Å²) in [7, 11) is -3.36. The number of imidazole rings is 1. The highest BCUT2D eigenvalue weighted by Gasteiger charge is 2.16. The van der Waals surface area contributed by atoms with Gasteiger partial charge in [0.15, 0.2) is 0 Å². The molecule has 0 amide bonds. The Hall–Kier alpha value is -1.66. The van der Waals surface area contributed by atoms with Gasteiger partial charge in [-0.1, -0.05) is 24.3 Å². The minimum atomic E-state index is -3.36.